The maximum atomic E-state index is 12.3. The smallest absolute Gasteiger partial charge is 0.279 e. The molecule has 2 rings (SSSR count). The monoisotopic (exact) mass is 310 g/mol. The molecular formula is C17H18N4O2. The molecule has 0 aromatic heterocycles. The van der Waals surface area contributed by atoms with E-state index in [9.17, 15) is 9.59 Å². The van der Waals surface area contributed by atoms with Crippen molar-refractivity contribution >= 4 is 28.9 Å². The summed E-state index contributed by atoms with van der Waals surface area (Å²) in [6, 6.07) is 7.44. The zero-order valence-corrected chi connectivity index (χ0v) is 13.8. The molecule has 23 heavy (non-hydrogen) atoms. The van der Waals surface area contributed by atoms with Gasteiger partial charge in [0, 0.05) is 32.4 Å². The quantitative estimate of drug-likeness (QED) is 0.783. The topological polar surface area (TPSA) is 76.8 Å². The highest BCUT2D eigenvalue weighted by Crippen LogP contribution is 2.26. The van der Waals surface area contributed by atoms with Gasteiger partial charge in [-0.1, -0.05) is 0 Å². The molecular weight excluding hydrogens is 292 g/mol. The maximum Gasteiger partial charge on any atom is 0.279 e. The van der Waals surface area contributed by atoms with Crippen molar-refractivity contribution in [1.29, 1.82) is 5.26 Å². The Morgan fingerprint density at radius 3 is 2.35 bits per heavy atom. The van der Waals surface area contributed by atoms with Crippen LogP contribution in [-0.2, 0) is 9.59 Å². The predicted octanol–water partition coefficient (Wildman–Crippen LogP) is 1.97. The second kappa shape index (κ2) is 6.05. The third-order valence-corrected chi connectivity index (χ3v) is 3.77. The Morgan fingerprint density at radius 1 is 1.17 bits per heavy atom. The third kappa shape index (κ3) is 2.86. The Hall–Kier alpha value is -2.94. The van der Waals surface area contributed by atoms with Crippen LogP contribution in [0.3, 0.4) is 0 Å². The third-order valence-electron chi connectivity index (χ3n) is 3.77. The SMILES string of the molecule is CC1=C(C#N)C(=O)N(C)C(=O)C1=Nc1ccc(N(C)C)c(C)c1. The Balaban J connectivity index is 2.56. The number of hydrogen-bond donors (Lipinski definition) is 0. The first-order valence-corrected chi connectivity index (χ1v) is 7.08. The van der Waals surface area contributed by atoms with Crippen molar-refractivity contribution in [1.82, 2.24) is 4.90 Å². The number of imide groups is 1. The van der Waals surface area contributed by atoms with Crippen molar-refractivity contribution < 1.29 is 9.59 Å². The van der Waals surface area contributed by atoms with E-state index < -0.39 is 11.8 Å². The van der Waals surface area contributed by atoms with Gasteiger partial charge in [-0.25, -0.2) is 4.99 Å². The summed E-state index contributed by atoms with van der Waals surface area (Å²) in [6.07, 6.45) is 0. The standard InChI is InChI=1S/C17H18N4O2/c1-10-8-12(6-7-14(10)20(3)4)19-15-11(2)13(9-18)16(22)21(5)17(15)23/h6-8H,1-5H3. The molecule has 0 spiro atoms. The summed E-state index contributed by atoms with van der Waals surface area (Å²) < 4.78 is 0. The number of hydrogen-bond acceptors (Lipinski definition) is 5. The highest BCUT2D eigenvalue weighted by atomic mass is 16.2. The number of nitriles is 1. The number of nitrogens with zero attached hydrogens (tertiary/aromatic N) is 4. The highest BCUT2D eigenvalue weighted by Gasteiger charge is 2.34. The summed E-state index contributed by atoms with van der Waals surface area (Å²) in [6.45, 7) is 3.53. The molecule has 0 N–H and O–H groups in total. The summed E-state index contributed by atoms with van der Waals surface area (Å²) in [7, 11) is 5.25. The van der Waals surface area contributed by atoms with E-state index in [0.29, 0.717) is 11.3 Å². The maximum absolute atomic E-state index is 12.3. The summed E-state index contributed by atoms with van der Waals surface area (Å²) >= 11 is 0. The van der Waals surface area contributed by atoms with E-state index in [1.807, 2.05) is 44.1 Å². The molecule has 118 valence electrons. The van der Waals surface area contributed by atoms with Gasteiger partial charge in [0.15, 0.2) is 0 Å². The van der Waals surface area contributed by atoms with Crippen LogP contribution in [0.5, 0.6) is 0 Å². The number of amides is 2. The summed E-state index contributed by atoms with van der Waals surface area (Å²) in [5.41, 5.74) is 3.08. The second-order valence-electron chi connectivity index (χ2n) is 5.61. The van der Waals surface area contributed by atoms with Gasteiger partial charge in [0.1, 0.15) is 17.4 Å². The number of carbonyl (C=O) groups is 2. The number of likely N-dealkylation sites (N-methyl/N-ethyl adjacent to an activating group) is 1. The zero-order valence-electron chi connectivity index (χ0n) is 13.8. The minimum atomic E-state index is -0.590. The lowest BCUT2D eigenvalue weighted by atomic mass is 9.99. The van der Waals surface area contributed by atoms with Gasteiger partial charge in [-0.15, -0.1) is 0 Å². The average Bonchev–Trinajstić information content (AvgIpc) is 2.50. The molecule has 1 aromatic rings. The van der Waals surface area contributed by atoms with Crippen molar-refractivity contribution in [3.8, 4) is 6.07 Å². The van der Waals surface area contributed by atoms with E-state index in [1.54, 1.807) is 13.0 Å². The van der Waals surface area contributed by atoms with Crippen LogP contribution in [0.1, 0.15) is 12.5 Å². The normalized spacial score (nSPS) is 16.9. The van der Waals surface area contributed by atoms with Gasteiger partial charge in [0.2, 0.25) is 0 Å². The molecule has 0 saturated carbocycles. The molecule has 0 fully saturated rings. The Bertz CT molecular complexity index is 797. The fourth-order valence-electron chi connectivity index (χ4n) is 2.46. The predicted molar refractivity (Wildman–Crippen MR) is 88.7 cm³/mol. The molecule has 1 aliphatic rings. The second-order valence-corrected chi connectivity index (χ2v) is 5.61. The number of rotatable bonds is 2. The van der Waals surface area contributed by atoms with Gasteiger partial charge >= 0.3 is 0 Å². The molecule has 1 aliphatic heterocycles. The fourth-order valence-corrected chi connectivity index (χ4v) is 2.46. The molecule has 1 aromatic carbocycles. The number of aryl methyl sites for hydroxylation is 1. The molecule has 0 unspecified atom stereocenters. The van der Waals surface area contributed by atoms with Crippen molar-refractivity contribution in [3.05, 3.63) is 34.9 Å². The first-order valence-electron chi connectivity index (χ1n) is 7.08. The highest BCUT2D eigenvalue weighted by molar-refractivity contribution is 6.51. The van der Waals surface area contributed by atoms with Crippen molar-refractivity contribution in [2.24, 2.45) is 4.99 Å². The molecule has 6 heteroatoms. The van der Waals surface area contributed by atoms with Crippen LogP contribution in [0.4, 0.5) is 11.4 Å². The first kappa shape index (κ1) is 16.4. The Labute approximate surface area is 135 Å². The van der Waals surface area contributed by atoms with Gasteiger partial charge in [0.25, 0.3) is 11.8 Å². The number of anilines is 1. The first-order chi connectivity index (χ1) is 10.8. The summed E-state index contributed by atoms with van der Waals surface area (Å²) in [5.74, 6) is -1.09. The van der Waals surface area contributed by atoms with Crippen LogP contribution < -0.4 is 4.90 Å². The fraction of sp³-hybridized carbons (Fsp3) is 0.294. The van der Waals surface area contributed by atoms with E-state index in [1.165, 1.54) is 7.05 Å². The average molecular weight is 310 g/mol. The van der Waals surface area contributed by atoms with Crippen LogP contribution in [0.15, 0.2) is 34.3 Å². The lowest BCUT2D eigenvalue weighted by Crippen LogP contribution is -2.44. The van der Waals surface area contributed by atoms with Gasteiger partial charge in [-0.05, 0) is 37.6 Å². The van der Waals surface area contributed by atoms with Gasteiger partial charge in [0.05, 0.1) is 5.69 Å². The molecule has 0 saturated heterocycles. The van der Waals surface area contributed by atoms with Crippen molar-refractivity contribution in [2.75, 3.05) is 26.0 Å². The largest absolute Gasteiger partial charge is 0.377 e. The van der Waals surface area contributed by atoms with E-state index in [-0.39, 0.29) is 11.3 Å². The van der Waals surface area contributed by atoms with Crippen molar-refractivity contribution in [3.63, 3.8) is 0 Å². The minimum Gasteiger partial charge on any atom is -0.377 e. The molecule has 2 amide bonds. The number of aliphatic imine (C=N–C) groups is 1. The van der Waals surface area contributed by atoms with Crippen molar-refractivity contribution in [2.45, 2.75) is 13.8 Å². The van der Waals surface area contributed by atoms with Crippen LogP contribution in [0.2, 0.25) is 0 Å². The number of benzene rings is 1. The van der Waals surface area contributed by atoms with E-state index in [0.717, 1.165) is 16.2 Å². The molecule has 0 radical (unpaired) electrons. The lowest BCUT2D eigenvalue weighted by Gasteiger charge is -2.22. The summed E-state index contributed by atoms with van der Waals surface area (Å²) in [4.78, 5) is 31.5. The zero-order chi connectivity index (χ0) is 17.3. The molecule has 0 bridgehead atoms. The van der Waals surface area contributed by atoms with Crippen LogP contribution in [0, 0.1) is 18.3 Å². The van der Waals surface area contributed by atoms with Crippen LogP contribution >= 0.6 is 0 Å². The molecule has 0 atom stereocenters. The minimum absolute atomic E-state index is 0.0486. The van der Waals surface area contributed by atoms with Gasteiger partial charge < -0.3 is 4.90 Å². The van der Waals surface area contributed by atoms with Crippen LogP contribution in [-0.4, -0.2) is 43.6 Å². The molecule has 0 aliphatic carbocycles. The summed E-state index contributed by atoms with van der Waals surface area (Å²) in [5, 5.41) is 9.13. The van der Waals surface area contributed by atoms with Crippen LogP contribution in [0.25, 0.3) is 0 Å². The van der Waals surface area contributed by atoms with Gasteiger partial charge in [-0.3, -0.25) is 14.5 Å². The lowest BCUT2D eigenvalue weighted by molar-refractivity contribution is -0.136. The van der Waals surface area contributed by atoms with E-state index >= 15 is 0 Å². The van der Waals surface area contributed by atoms with Gasteiger partial charge in [-0.2, -0.15) is 5.26 Å². The van der Waals surface area contributed by atoms with E-state index in [4.69, 9.17) is 5.26 Å². The molecule has 1 heterocycles. The Kier molecular flexibility index (Phi) is 4.32. The number of carbonyl (C=O) groups excluding carboxylic acids is 2. The molecule has 6 nitrogen and oxygen atoms in total. The van der Waals surface area contributed by atoms with E-state index in [2.05, 4.69) is 4.99 Å². The Morgan fingerprint density at radius 2 is 1.83 bits per heavy atom.